The number of aromatic amines is 1. The van der Waals surface area contributed by atoms with Gasteiger partial charge < -0.3 is 10.1 Å². The number of rotatable bonds is 5. The molecular formula is C17H18ClN5O. The second-order valence-corrected chi connectivity index (χ2v) is 6.36. The van der Waals surface area contributed by atoms with Crippen LogP contribution in [0.15, 0.2) is 36.8 Å². The molecule has 4 rings (SSSR count). The van der Waals surface area contributed by atoms with Crippen molar-refractivity contribution in [3.05, 3.63) is 53.2 Å². The van der Waals surface area contributed by atoms with Gasteiger partial charge >= 0.3 is 0 Å². The van der Waals surface area contributed by atoms with Gasteiger partial charge in [-0.1, -0.05) is 17.7 Å². The van der Waals surface area contributed by atoms with E-state index in [1.54, 1.807) is 6.20 Å². The molecule has 0 unspecified atom stereocenters. The van der Waals surface area contributed by atoms with Crippen LogP contribution in [0.5, 0.6) is 0 Å². The minimum Gasteiger partial charge on any atom is -0.370 e. The van der Waals surface area contributed by atoms with Crippen molar-refractivity contribution >= 4 is 22.5 Å². The first-order valence-electron chi connectivity index (χ1n) is 8.02. The van der Waals surface area contributed by atoms with Crippen LogP contribution in [0.25, 0.3) is 10.9 Å². The van der Waals surface area contributed by atoms with E-state index in [0.29, 0.717) is 5.92 Å². The number of H-pyrrole nitrogens is 1. The minimum absolute atomic E-state index is 0.0138. The molecule has 0 spiro atoms. The van der Waals surface area contributed by atoms with Crippen molar-refractivity contribution in [2.45, 2.75) is 19.1 Å². The van der Waals surface area contributed by atoms with Crippen molar-refractivity contribution in [1.29, 1.82) is 0 Å². The maximum absolute atomic E-state index is 6.25. The molecule has 1 aromatic carbocycles. The Labute approximate surface area is 144 Å². The smallest absolute Gasteiger partial charge is 0.153 e. The average Bonchev–Trinajstić information content (AvgIpc) is 3.28. The van der Waals surface area contributed by atoms with Crippen molar-refractivity contribution in [3.8, 4) is 0 Å². The molecule has 0 amide bonds. The van der Waals surface area contributed by atoms with Gasteiger partial charge in [-0.25, -0.2) is 4.98 Å². The summed E-state index contributed by atoms with van der Waals surface area (Å²) in [5, 5.41) is 12.1. The summed E-state index contributed by atoms with van der Waals surface area (Å²) in [5.41, 5.74) is 2.09. The van der Waals surface area contributed by atoms with Gasteiger partial charge in [-0.3, -0.25) is 10.1 Å². The lowest BCUT2D eigenvalue weighted by atomic mass is 10.0. The van der Waals surface area contributed by atoms with Gasteiger partial charge in [-0.2, -0.15) is 5.10 Å². The molecule has 0 aliphatic carbocycles. The molecular weight excluding hydrogens is 326 g/mol. The van der Waals surface area contributed by atoms with Crippen LogP contribution in [-0.4, -0.2) is 33.3 Å². The standard InChI is InChI=1S/C17H18ClN5O/c18-14-4-3-11(15-13(14)2-1-6-20-15)8-19-9-12-5-7-24-16(12)17-21-10-22-23-17/h1-4,6,10,12,16,19H,5,7-9H2,(H,21,22,23)/t12-,16-/m0/s1. The monoisotopic (exact) mass is 343 g/mol. The van der Waals surface area contributed by atoms with Crippen LogP contribution in [0.3, 0.4) is 0 Å². The number of hydrogen-bond donors (Lipinski definition) is 2. The average molecular weight is 344 g/mol. The van der Waals surface area contributed by atoms with Crippen LogP contribution in [0.1, 0.15) is 23.9 Å². The highest BCUT2D eigenvalue weighted by Crippen LogP contribution is 2.32. The molecule has 1 saturated heterocycles. The van der Waals surface area contributed by atoms with E-state index >= 15 is 0 Å². The molecule has 7 heteroatoms. The first-order chi connectivity index (χ1) is 11.8. The maximum atomic E-state index is 6.25. The highest BCUT2D eigenvalue weighted by Gasteiger charge is 2.31. The molecule has 0 saturated carbocycles. The second kappa shape index (κ2) is 6.84. The van der Waals surface area contributed by atoms with E-state index in [9.17, 15) is 0 Å². The van der Waals surface area contributed by atoms with Crippen LogP contribution in [-0.2, 0) is 11.3 Å². The molecule has 2 aromatic heterocycles. The topological polar surface area (TPSA) is 75.7 Å². The van der Waals surface area contributed by atoms with Crippen LogP contribution < -0.4 is 5.32 Å². The van der Waals surface area contributed by atoms with E-state index in [0.717, 1.165) is 53.4 Å². The Morgan fingerprint density at radius 2 is 2.25 bits per heavy atom. The molecule has 6 nitrogen and oxygen atoms in total. The van der Waals surface area contributed by atoms with E-state index in [2.05, 4.69) is 25.5 Å². The molecule has 0 bridgehead atoms. The summed E-state index contributed by atoms with van der Waals surface area (Å²) in [5.74, 6) is 1.18. The van der Waals surface area contributed by atoms with Crippen molar-refractivity contribution in [1.82, 2.24) is 25.5 Å². The van der Waals surface area contributed by atoms with Crippen molar-refractivity contribution in [2.75, 3.05) is 13.2 Å². The quantitative estimate of drug-likeness (QED) is 0.745. The summed E-state index contributed by atoms with van der Waals surface area (Å²) in [6.45, 7) is 2.34. The van der Waals surface area contributed by atoms with Crippen LogP contribution >= 0.6 is 11.6 Å². The van der Waals surface area contributed by atoms with Gasteiger partial charge in [-0.15, -0.1) is 0 Å². The fraction of sp³-hybridized carbons (Fsp3) is 0.353. The van der Waals surface area contributed by atoms with Gasteiger partial charge in [0.1, 0.15) is 12.4 Å². The van der Waals surface area contributed by atoms with E-state index < -0.39 is 0 Å². The van der Waals surface area contributed by atoms with Gasteiger partial charge in [0, 0.05) is 42.2 Å². The third-order valence-electron chi connectivity index (χ3n) is 4.44. The van der Waals surface area contributed by atoms with Gasteiger partial charge in [0.05, 0.1) is 5.52 Å². The Morgan fingerprint density at radius 1 is 1.29 bits per heavy atom. The molecule has 24 heavy (non-hydrogen) atoms. The van der Waals surface area contributed by atoms with Crippen LogP contribution in [0, 0.1) is 5.92 Å². The summed E-state index contributed by atoms with van der Waals surface area (Å²) in [6.07, 6.45) is 4.32. The summed E-state index contributed by atoms with van der Waals surface area (Å²) in [7, 11) is 0. The Hall–Kier alpha value is -2.02. The second-order valence-electron chi connectivity index (χ2n) is 5.95. The van der Waals surface area contributed by atoms with Crippen molar-refractivity contribution < 1.29 is 4.74 Å². The van der Waals surface area contributed by atoms with Crippen LogP contribution in [0.2, 0.25) is 5.02 Å². The Morgan fingerprint density at radius 3 is 3.12 bits per heavy atom. The molecule has 1 aliphatic heterocycles. The third kappa shape index (κ3) is 3.00. The number of pyridine rings is 1. The zero-order chi connectivity index (χ0) is 16.4. The van der Waals surface area contributed by atoms with E-state index in [1.165, 1.54) is 6.33 Å². The summed E-state index contributed by atoms with van der Waals surface area (Å²) >= 11 is 6.25. The summed E-state index contributed by atoms with van der Waals surface area (Å²) in [6, 6.07) is 7.87. The number of ether oxygens (including phenoxy) is 1. The highest BCUT2D eigenvalue weighted by molar-refractivity contribution is 6.35. The van der Waals surface area contributed by atoms with Crippen molar-refractivity contribution in [3.63, 3.8) is 0 Å². The van der Waals surface area contributed by atoms with E-state index in [4.69, 9.17) is 16.3 Å². The fourth-order valence-corrected chi connectivity index (χ4v) is 3.44. The van der Waals surface area contributed by atoms with E-state index in [-0.39, 0.29) is 6.10 Å². The van der Waals surface area contributed by atoms with Gasteiger partial charge in [0.25, 0.3) is 0 Å². The molecule has 124 valence electrons. The number of hydrogen-bond acceptors (Lipinski definition) is 5. The van der Waals surface area contributed by atoms with Gasteiger partial charge in [0.2, 0.25) is 0 Å². The maximum Gasteiger partial charge on any atom is 0.153 e. The molecule has 1 fully saturated rings. The first-order valence-corrected chi connectivity index (χ1v) is 8.40. The number of aromatic nitrogens is 4. The van der Waals surface area contributed by atoms with Gasteiger partial charge in [-0.05, 0) is 30.2 Å². The minimum atomic E-state index is -0.0138. The number of halogens is 1. The molecule has 3 aromatic rings. The molecule has 3 heterocycles. The Kier molecular flexibility index (Phi) is 4.42. The molecule has 2 atom stereocenters. The number of nitrogens with one attached hydrogen (secondary N) is 2. The lowest BCUT2D eigenvalue weighted by Gasteiger charge is -2.17. The Balaban J connectivity index is 1.44. The lowest BCUT2D eigenvalue weighted by molar-refractivity contribution is 0.0835. The Bertz CT molecular complexity index is 823. The third-order valence-corrected chi connectivity index (χ3v) is 4.77. The number of nitrogens with zero attached hydrogens (tertiary/aromatic N) is 3. The van der Waals surface area contributed by atoms with Crippen LogP contribution in [0.4, 0.5) is 0 Å². The highest BCUT2D eigenvalue weighted by atomic mass is 35.5. The summed E-state index contributed by atoms with van der Waals surface area (Å²) < 4.78 is 5.80. The number of fused-ring (bicyclic) bond motifs is 1. The molecule has 2 N–H and O–H groups in total. The molecule has 1 aliphatic rings. The lowest BCUT2D eigenvalue weighted by Crippen LogP contribution is -2.25. The molecule has 0 radical (unpaired) electrons. The largest absolute Gasteiger partial charge is 0.370 e. The predicted octanol–water partition coefficient (Wildman–Crippen LogP) is 2.87. The fourth-order valence-electron chi connectivity index (χ4n) is 3.23. The first kappa shape index (κ1) is 15.5. The predicted molar refractivity (Wildman–Crippen MR) is 91.6 cm³/mol. The van der Waals surface area contributed by atoms with Gasteiger partial charge in [0.15, 0.2) is 5.82 Å². The van der Waals surface area contributed by atoms with E-state index in [1.807, 2.05) is 24.3 Å². The zero-order valence-corrected chi connectivity index (χ0v) is 13.8. The SMILES string of the molecule is Clc1ccc(CNC[C@@H]2CCO[C@@H]2c2ncn[nH]2)c2ncccc12. The normalized spacial score (nSPS) is 20.7. The summed E-state index contributed by atoms with van der Waals surface area (Å²) in [4.78, 5) is 8.70. The zero-order valence-electron chi connectivity index (χ0n) is 13.1. The van der Waals surface area contributed by atoms with Crippen molar-refractivity contribution in [2.24, 2.45) is 5.92 Å². The number of benzene rings is 1.